The molecule has 0 spiro atoms. The van der Waals surface area contributed by atoms with E-state index in [2.05, 4.69) is 10.3 Å². The van der Waals surface area contributed by atoms with Crippen molar-refractivity contribution >= 4 is 46.8 Å². The number of benzene rings is 1. The van der Waals surface area contributed by atoms with Crippen LogP contribution in [-0.2, 0) is 16.1 Å². The highest BCUT2D eigenvalue weighted by Crippen LogP contribution is 2.20. The molecule has 5 nitrogen and oxygen atoms in total. The number of carbonyl (C=O) groups is 2. The molecule has 1 amide bonds. The van der Waals surface area contributed by atoms with Gasteiger partial charge in [-0.1, -0.05) is 29.3 Å². The third-order valence-electron chi connectivity index (χ3n) is 3.01. The second-order valence-corrected chi connectivity index (χ2v) is 6.29. The van der Waals surface area contributed by atoms with Crippen molar-refractivity contribution in [1.82, 2.24) is 10.3 Å². The maximum Gasteiger partial charge on any atom is 0.341 e. The molecule has 0 saturated carbocycles. The highest BCUT2D eigenvalue weighted by molar-refractivity contribution is 7.98. The summed E-state index contributed by atoms with van der Waals surface area (Å²) in [6.45, 7) is -0.165. The van der Waals surface area contributed by atoms with Crippen LogP contribution in [0.3, 0.4) is 0 Å². The van der Waals surface area contributed by atoms with Crippen molar-refractivity contribution in [2.45, 2.75) is 11.6 Å². The lowest BCUT2D eigenvalue weighted by atomic mass is 10.2. The molecule has 2 rings (SSSR count). The Hall–Kier alpha value is -1.76. The van der Waals surface area contributed by atoms with Crippen LogP contribution >= 0.6 is 35.0 Å². The first-order chi connectivity index (χ1) is 11.5. The SMILES string of the molecule is CSc1ncccc1C(=O)OCC(=O)NCc1ccc(Cl)cc1Cl. The Morgan fingerprint density at radius 3 is 2.79 bits per heavy atom. The number of ether oxygens (including phenoxy) is 1. The Labute approximate surface area is 153 Å². The molecule has 0 atom stereocenters. The first kappa shape index (κ1) is 18.6. The molecule has 0 radical (unpaired) electrons. The standard InChI is InChI=1S/C16H14Cl2N2O3S/c1-24-15-12(3-2-6-19-15)16(22)23-9-14(21)20-8-10-4-5-11(17)7-13(10)18/h2-7H,8-9H2,1H3,(H,20,21). The molecule has 0 aliphatic carbocycles. The van der Waals surface area contributed by atoms with E-state index in [9.17, 15) is 9.59 Å². The molecule has 24 heavy (non-hydrogen) atoms. The predicted octanol–water partition coefficient (Wildman–Crippen LogP) is 3.58. The normalized spacial score (nSPS) is 10.3. The molecular formula is C16H14Cl2N2O3S. The highest BCUT2D eigenvalue weighted by atomic mass is 35.5. The van der Waals surface area contributed by atoms with E-state index in [0.29, 0.717) is 20.6 Å². The van der Waals surface area contributed by atoms with Gasteiger partial charge in [0.25, 0.3) is 5.91 Å². The molecule has 0 saturated heterocycles. The van der Waals surface area contributed by atoms with Crippen molar-refractivity contribution in [3.63, 3.8) is 0 Å². The van der Waals surface area contributed by atoms with Crippen LogP contribution in [0.1, 0.15) is 15.9 Å². The first-order valence-electron chi connectivity index (χ1n) is 6.88. The molecule has 1 aromatic heterocycles. The molecule has 0 unspecified atom stereocenters. The fourth-order valence-electron chi connectivity index (χ4n) is 1.83. The summed E-state index contributed by atoms with van der Waals surface area (Å²) in [6.07, 6.45) is 3.40. The molecule has 2 aromatic rings. The molecule has 0 fully saturated rings. The lowest BCUT2D eigenvalue weighted by Crippen LogP contribution is -2.28. The van der Waals surface area contributed by atoms with Gasteiger partial charge in [0.15, 0.2) is 6.61 Å². The van der Waals surface area contributed by atoms with Gasteiger partial charge in [-0.15, -0.1) is 11.8 Å². The van der Waals surface area contributed by atoms with E-state index in [1.54, 1.807) is 36.5 Å². The highest BCUT2D eigenvalue weighted by Gasteiger charge is 2.14. The van der Waals surface area contributed by atoms with Gasteiger partial charge in [-0.25, -0.2) is 9.78 Å². The Bertz CT molecular complexity index is 756. The minimum atomic E-state index is -0.591. The van der Waals surface area contributed by atoms with Crippen molar-refractivity contribution in [3.8, 4) is 0 Å². The molecular weight excluding hydrogens is 371 g/mol. The maximum absolute atomic E-state index is 12.0. The Balaban J connectivity index is 1.85. The van der Waals surface area contributed by atoms with E-state index < -0.39 is 11.9 Å². The molecule has 0 aliphatic heterocycles. The van der Waals surface area contributed by atoms with Crippen LogP contribution in [-0.4, -0.2) is 29.7 Å². The van der Waals surface area contributed by atoms with Gasteiger partial charge in [0.1, 0.15) is 5.03 Å². The van der Waals surface area contributed by atoms with Gasteiger partial charge in [-0.05, 0) is 36.1 Å². The Morgan fingerprint density at radius 2 is 2.08 bits per heavy atom. The summed E-state index contributed by atoms with van der Waals surface area (Å²) < 4.78 is 5.01. The number of hydrogen-bond acceptors (Lipinski definition) is 5. The van der Waals surface area contributed by atoms with Crippen LogP contribution in [0.2, 0.25) is 10.0 Å². The molecule has 126 valence electrons. The predicted molar refractivity (Wildman–Crippen MR) is 94.6 cm³/mol. The van der Waals surface area contributed by atoms with Crippen LogP contribution in [0.4, 0.5) is 0 Å². The number of thioether (sulfide) groups is 1. The quantitative estimate of drug-likeness (QED) is 0.608. The molecule has 1 aromatic carbocycles. The molecule has 1 N–H and O–H groups in total. The molecule has 1 heterocycles. The molecule has 8 heteroatoms. The lowest BCUT2D eigenvalue weighted by molar-refractivity contribution is -0.124. The minimum absolute atomic E-state index is 0.218. The summed E-state index contributed by atoms with van der Waals surface area (Å²) in [7, 11) is 0. The van der Waals surface area contributed by atoms with Crippen molar-refractivity contribution in [3.05, 3.63) is 57.7 Å². The summed E-state index contributed by atoms with van der Waals surface area (Å²) in [6, 6.07) is 8.24. The number of halogens is 2. The van der Waals surface area contributed by atoms with Crippen molar-refractivity contribution in [2.24, 2.45) is 0 Å². The third kappa shape index (κ3) is 5.12. The third-order valence-corrected chi connectivity index (χ3v) is 4.31. The first-order valence-corrected chi connectivity index (χ1v) is 8.86. The van der Waals surface area contributed by atoms with Crippen LogP contribution in [0.25, 0.3) is 0 Å². The van der Waals surface area contributed by atoms with Gasteiger partial charge in [0.2, 0.25) is 0 Å². The van der Waals surface area contributed by atoms with Crippen LogP contribution < -0.4 is 5.32 Å². The fraction of sp³-hybridized carbons (Fsp3) is 0.188. The van der Waals surface area contributed by atoms with Crippen LogP contribution in [0, 0.1) is 0 Å². The van der Waals surface area contributed by atoms with Gasteiger partial charge in [-0.2, -0.15) is 0 Å². The number of amides is 1. The Kier molecular flexibility index (Phi) is 6.90. The zero-order chi connectivity index (χ0) is 17.5. The number of hydrogen-bond donors (Lipinski definition) is 1. The van der Waals surface area contributed by atoms with E-state index in [0.717, 1.165) is 5.56 Å². The zero-order valence-corrected chi connectivity index (χ0v) is 15.0. The summed E-state index contributed by atoms with van der Waals surface area (Å²) in [5, 5.41) is 4.16. The zero-order valence-electron chi connectivity index (χ0n) is 12.7. The van der Waals surface area contributed by atoms with Crippen molar-refractivity contribution in [2.75, 3.05) is 12.9 Å². The number of aromatic nitrogens is 1. The van der Waals surface area contributed by atoms with Gasteiger partial charge < -0.3 is 10.1 Å². The van der Waals surface area contributed by atoms with E-state index in [1.165, 1.54) is 11.8 Å². The van der Waals surface area contributed by atoms with Crippen LogP contribution in [0.5, 0.6) is 0 Å². The summed E-state index contributed by atoms with van der Waals surface area (Å²) >= 11 is 13.2. The number of rotatable bonds is 6. The molecule has 0 bridgehead atoms. The number of carbonyl (C=O) groups excluding carboxylic acids is 2. The maximum atomic E-state index is 12.0. The van der Waals surface area contributed by atoms with Gasteiger partial charge >= 0.3 is 5.97 Å². The largest absolute Gasteiger partial charge is 0.452 e. The number of pyridine rings is 1. The van der Waals surface area contributed by atoms with Gasteiger partial charge in [0, 0.05) is 22.8 Å². The second-order valence-electron chi connectivity index (χ2n) is 4.65. The minimum Gasteiger partial charge on any atom is -0.452 e. The van der Waals surface area contributed by atoms with Crippen molar-refractivity contribution in [1.29, 1.82) is 0 Å². The topological polar surface area (TPSA) is 68.3 Å². The van der Waals surface area contributed by atoms with E-state index in [1.807, 2.05) is 6.26 Å². The summed E-state index contributed by atoms with van der Waals surface area (Å²) in [5.41, 5.74) is 1.05. The van der Waals surface area contributed by atoms with E-state index in [-0.39, 0.29) is 13.2 Å². The second kappa shape index (κ2) is 8.92. The smallest absolute Gasteiger partial charge is 0.341 e. The average Bonchev–Trinajstić information content (AvgIpc) is 2.58. The summed E-state index contributed by atoms with van der Waals surface area (Å²) in [5.74, 6) is -1.02. The Morgan fingerprint density at radius 1 is 1.29 bits per heavy atom. The number of nitrogens with zero attached hydrogens (tertiary/aromatic N) is 1. The number of nitrogens with one attached hydrogen (secondary N) is 1. The molecule has 0 aliphatic rings. The van der Waals surface area contributed by atoms with Crippen LogP contribution in [0.15, 0.2) is 41.6 Å². The van der Waals surface area contributed by atoms with Crippen molar-refractivity contribution < 1.29 is 14.3 Å². The monoisotopic (exact) mass is 384 g/mol. The fourth-order valence-corrected chi connectivity index (χ4v) is 2.84. The van der Waals surface area contributed by atoms with Gasteiger partial charge in [0.05, 0.1) is 5.56 Å². The summed E-state index contributed by atoms with van der Waals surface area (Å²) in [4.78, 5) is 27.9. The lowest BCUT2D eigenvalue weighted by Gasteiger charge is -2.09. The number of esters is 1. The van der Waals surface area contributed by atoms with E-state index >= 15 is 0 Å². The van der Waals surface area contributed by atoms with Gasteiger partial charge in [-0.3, -0.25) is 4.79 Å². The average molecular weight is 385 g/mol. The van der Waals surface area contributed by atoms with E-state index in [4.69, 9.17) is 27.9 Å².